The number of aromatic nitrogens is 1. The molecule has 0 radical (unpaired) electrons. The molecule has 146 valence electrons. The summed E-state index contributed by atoms with van der Waals surface area (Å²) >= 11 is 5.79. The second kappa shape index (κ2) is 10.9. The predicted molar refractivity (Wildman–Crippen MR) is 107 cm³/mol. The van der Waals surface area contributed by atoms with Gasteiger partial charge in [-0.1, -0.05) is 18.0 Å². The van der Waals surface area contributed by atoms with Gasteiger partial charge in [-0.3, -0.25) is 9.59 Å². The molecule has 1 aromatic heterocycles. The molecule has 2 amide bonds. The maximum absolute atomic E-state index is 12.5. The van der Waals surface area contributed by atoms with Gasteiger partial charge < -0.3 is 15.5 Å². The molecule has 1 atom stereocenters. The molecule has 2 aliphatic heterocycles. The first-order valence-corrected chi connectivity index (χ1v) is 8.96. The van der Waals surface area contributed by atoms with Crippen molar-refractivity contribution in [3.8, 4) is 0 Å². The molecule has 6 nitrogen and oxygen atoms in total. The summed E-state index contributed by atoms with van der Waals surface area (Å²) in [4.78, 5) is 30.8. The molecule has 0 aromatic carbocycles. The van der Waals surface area contributed by atoms with E-state index in [0.717, 1.165) is 25.8 Å². The van der Waals surface area contributed by atoms with E-state index >= 15 is 0 Å². The Morgan fingerprint density at radius 3 is 2.46 bits per heavy atom. The highest BCUT2D eigenvalue weighted by Crippen LogP contribution is 2.21. The lowest BCUT2D eigenvalue weighted by molar-refractivity contribution is -0.137. The van der Waals surface area contributed by atoms with Crippen LogP contribution >= 0.6 is 36.4 Å². The van der Waals surface area contributed by atoms with E-state index in [1.54, 1.807) is 12.1 Å². The predicted octanol–water partition coefficient (Wildman–Crippen LogP) is 2.90. The molecular weight excluding hydrogens is 399 g/mol. The molecule has 0 bridgehead atoms. The van der Waals surface area contributed by atoms with E-state index in [1.165, 1.54) is 6.20 Å². The zero-order valence-corrected chi connectivity index (χ0v) is 16.8. The van der Waals surface area contributed by atoms with Crippen LogP contribution in [0.25, 0.3) is 0 Å². The summed E-state index contributed by atoms with van der Waals surface area (Å²) in [5.74, 6) is 0.584. The van der Waals surface area contributed by atoms with E-state index < -0.39 is 0 Å². The van der Waals surface area contributed by atoms with Gasteiger partial charge in [0.2, 0.25) is 11.8 Å². The zero-order chi connectivity index (χ0) is 16.9. The van der Waals surface area contributed by atoms with Crippen LogP contribution in [-0.4, -0.2) is 47.4 Å². The quantitative estimate of drug-likeness (QED) is 0.784. The van der Waals surface area contributed by atoms with Gasteiger partial charge in [0, 0.05) is 25.2 Å². The molecule has 26 heavy (non-hydrogen) atoms. The van der Waals surface area contributed by atoms with Crippen molar-refractivity contribution in [3.05, 3.63) is 23.4 Å². The maximum Gasteiger partial charge on any atom is 0.239 e. The van der Waals surface area contributed by atoms with Crippen molar-refractivity contribution in [2.24, 2.45) is 5.92 Å². The van der Waals surface area contributed by atoms with Gasteiger partial charge in [0.1, 0.15) is 5.82 Å². The first kappa shape index (κ1) is 23.0. The average Bonchev–Trinajstić information content (AvgIpc) is 2.64. The number of hydrogen-bond acceptors (Lipinski definition) is 4. The van der Waals surface area contributed by atoms with E-state index in [9.17, 15) is 9.59 Å². The van der Waals surface area contributed by atoms with Crippen LogP contribution in [0.5, 0.6) is 0 Å². The summed E-state index contributed by atoms with van der Waals surface area (Å²) in [6, 6.07) is 3.35. The van der Waals surface area contributed by atoms with Crippen molar-refractivity contribution < 1.29 is 9.59 Å². The van der Waals surface area contributed by atoms with Crippen molar-refractivity contribution in [3.63, 3.8) is 0 Å². The molecular formula is C17H25Cl3N4O2. The van der Waals surface area contributed by atoms with Gasteiger partial charge in [-0.05, 0) is 44.4 Å². The third-order valence-corrected chi connectivity index (χ3v) is 4.99. The average molecular weight is 424 g/mol. The number of likely N-dealkylation sites (tertiary alicyclic amines) is 1. The molecule has 3 rings (SSSR count). The second-order valence-electron chi connectivity index (χ2n) is 6.45. The molecule has 0 spiro atoms. The van der Waals surface area contributed by atoms with Crippen LogP contribution in [0.2, 0.25) is 5.02 Å². The number of carbonyl (C=O) groups excluding carboxylic acids is 2. The lowest BCUT2D eigenvalue weighted by atomic mass is 9.94. The SMILES string of the molecule is Cl.Cl.O=C(Nc1ccc(Cl)cn1)C1CCN(C(=O)C2CCCCN2)CC1. The van der Waals surface area contributed by atoms with Crippen molar-refractivity contribution in [2.75, 3.05) is 25.0 Å². The normalized spacial score (nSPS) is 20.5. The first-order valence-electron chi connectivity index (χ1n) is 8.58. The third kappa shape index (κ3) is 5.98. The van der Waals surface area contributed by atoms with Crippen LogP contribution in [-0.2, 0) is 9.59 Å². The van der Waals surface area contributed by atoms with Crippen LogP contribution < -0.4 is 10.6 Å². The Labute approximate surface area is 171 Å². The summed E-state index contributed by atoms with van der Waals surface area (Å²) < 4.78 is 0. The summed E-state index contributed by atoms with van der Waals surface area (Å²) in [6.07, 6.45) is 6.06. The molecule has 2 aliphatic rings. The minimum atomic E-state index is -0.0779. The number of anilines is 1. The molecule has 2 fully saturated rings. The molecule has 1 aromatic rings. The Morgan fingerprint density at radius 2 is 1.88 bits per heavy atom. The Hall–Kier alpha value is -1.08. The van der Waals surface area contributed by atoms with E-state index in [2.05, 4.69) is 15.6 Å². The Morgan fingerprint density at radius 1 is 1.15 bits per heavy atom. The van der Waals surface area contributed by atoms with Crippen molar-refractivity contribution in [2.45, 2.75) is 38.1 Å². The van der Waals surface area contributed by atoms with Gasteiger partial charge in [0.05, 0.1) is 11.1 Å². The number of piperidine rings is 2. The summed E-state index contributed by atoms with van der Waals surface area (Å²) in [6.45, 7) is 2.20. The van der Waals surface area contributed by atoms with E-state index in [0.29, 0.717) is 36.8 Å². The number of nitrogens with one attached hydrogen (secondary N) is 2. The topological polar surface area (TPSA) is 74.3 Å². The summed E-state index contributed by atoms with van der Waals surface area (Å²) in [5.41, 5.74) is 0. The fourth-order valence-electron chi connectivity index (χ4n) is 3.32. The van der Waals surface area contributed by atoms with Crippen molar-refractivity contribution in [1.29, 1.82) is 0 Å². The van der Waals surface area contributed by atoms with Crippen LogP contribution in [0.1, 0.15) is 32.1 Å². The minimum Gasteiger partial charge on any atom is -0.341 e. The number of halogens is 3. The van der Waals surface area contributed by atoms with Crippen LogP contribution in [0.3, 0.4) is 0 Å². The van der Waals surface area contributed by atoms with E-state index in [-0.39, 0.29) is 48.6 Å². The fourth-order valence-corrected chi connectivity index (χ4v) is 3.43. The standard InChI is InChI=1S/C17H23ClN4O2.2ClH/c18-13-4-5-15(20-11-13)21-16(23)12-6-9-22(10-7-12)17(24)14-3-1-2-8-19-14;;/h4-5,11-12,14,19H,1-3,6-10H2,(H,20,21,23);2*1H. The summed E-state index contributed by atoms with van der Waals surface area (Å²) in [7, 11) is 0. The Balaban J connectivity index is 0.00000169. The Bertz CT molecular complexity index is 586. The van der Waals surface area contributed by atoms with Crippen LogP contribution in [0.15, 0.2) is 18.3 Å². The van der Waals surface area contributed by atoms with Crippen LogP contribution in [0, 0.1) is 5.92 Å². The number of rotatable bonds is 3. The molecule has 2 saturated heterocycles. The van der Waals surface area contributed by atoms with Gasteiger partial charge in [0.25, 0.3) is 0 Å². The Kier molecular flexibility index (Phi) is 9.64. The number of nitrogens with zero attached hydrogens (tertiary/aromatic N) is 2. The molecule has 0 aliphatic carbocycles. The van der Waals surface area contributed by atoms with Crippen LogP contribution in [0.4, 0.5) is 5.82 Å². The lowest BCUT2D eigenvalue weighted by Crippen LogP contribution is -2.51. The molecule has 2 N–H and O–H groups in total. The molecule has 9 heteroatoms. The monoisotopic (exact) mass is 422 g/mol. The van der Waals surface area contributed by atoms with Crippen molar-refractivity contribution >= 4 is 54.0 Å². The number of hydrogen-bond donors (Lipinski definition) is 2. The molecule has 1 unspecified atom stereocenters. The van der Waals surface area contributed by atoms with E-state index in [4.69, 9.17) is 11.6 Å². The maximum atomic E-state index is 12.5. The number of amides is 2. The largest absolute Gasteiger partial charge is 0.341 e. The minimum absolute atomic E-state index is 0. The van der Waals surface area contributed by atoms with Gasteiger partial charge in [-0.25, -0.2) is 4.98 Å². The zero-order valence-electron chi connectivity index (χ0n) is 14.4. The van der Waals surface area contributed by atoms with E-state index in [1.807, 2.05) is 4.90 Å². The van der Waals surface area contributed by atoms with Gasteiger partial charge in [-0.2, -0.15) is 0 Å². The fraction of sp³-hybridized carbons (Fsp3) is 0.588. The summed E-state index contributed by atoms with van der Waals surface area (Å²) in [5, 5.41) is 6.66. The van der Waals surface area contributed by atoms with Gasteiger partial charge in [-0.15, -0.1) is 24.8 Å². The lowest BCUT2D eigenvalue weighted by Gasteiger charge is -2.35. The highest BCUT2D eigenvalue weighted by atomic mass is 35.5. The highest BCUT2D eigenvalue weighted by molar-refractivity contribution is 6.30. The van der Waals surface area contributed by atoms with Gasteiger partial charge >= 0.3 is 0 Å². The third-order valence-electron chi connectivity index (χ3n) is 4.76. The smallest absolute Gasteiger partial charge is 0.239 e. The van der Waals surface area contributed by atoms with Gasteiger partial charge in [0.15, 0.2) is 0 Å². The first-order chi connectivity index (χ1) is 11.6. The molecule has 0 saturated carbocycles. The van der Waals surface area contributed by atoms with Crippen molar-refractivity contribution in [1.82, 2.24) is 15.2 Å². The number of pyridine rings is 1. The second-order valence-corrected chi connectivity index (χ2v) is 6.89. The molecule has 3 heterocycles. The highest BCUT2D eigenvalue weighted by Gasteiger charge is 2.31. The number of carbonyl (C=O) groups is 2.